The highest BCUT2D eigenvalue weighted by atomic mass is 16.5. The van der Waals surface area contributed by atoms with Crippen LogP contribution in [0.1, 0.15) is 63.3 Å². The Morgan fingerprint density at radius 2 is 2.11 bits per heavy atom. The Bertz CT molecular complexity index is 368. The van der Waals surface area contributed by atoms with Crippen LogP contribution in [0.3, 0.4) is 0 Å². The molecule has 102 valence electrons. The normalized spacial score (nSPS) is 20.8. The third-order valence-electron chi connectivity index (χ3n) is 3.78. The highest BCUT2D eigenvalue weighted by molar-refractivity contribution is 4.99. The van der Waals surface area contributed by atoms with Crippen molar-refractivity contribution < 1.29 is 9.26 Å². The molecule has 1 heterocycles. The van der Waals surface area contributed by atoms with E-state index < -0.39 is 0 Å². The summed E-state index contributed by atoms with van der Waals surface area (Å²) in [6.07, 6.45) is 7.22. The fourth-order valence-electron chi connectivity index (χ4n) is 2.66. The molecule has 1 aliphatic carbocycles. The predicted molar refractivity (Wildman–Crippen MR) is 68.0 cm³/mol. The number of rotatable bonds is 5. The summed E-state index contributed by atoms with van der Waals surface area (Å²) in [5, 5.41) is 3.99. The van der Waals surface area contributed by atoms with Gasteiger partial charge in [0, 0.05) is 19.1 Å². The van der Waals surface area contributed by atoms with Gasteiger partial charge in [-0.2, -0.15) is 4.98 Å². The van der Waals surface area contributed by atoms with Gasteiger partial charge in [0.15, 0.2) is 0 Å². The molecule has 0 aliphatic heterocycles. The first-order chi connectivity index (χ1) is 8.67. The molecular weight excluding hydrogens is 230 g/mol. The van der Waals surface area contributed by atoms with Crippen molar-refractivity contribution in [3.05, 3.63) is 11.7 Å². The molecular formula is C13H23N3O2. The monoisotopic (exact) mass is 253 g/mol. The van der Waals surface area contributed by atoms with Crippen LogP contribution in [0.15, 0.2) is 4.52 Å². The van der Waals surface area contributed by atoms with Crippen LogP contribution in [-0.4, -0.2) is 22.8 Å². The third-order valence-corrected chi connectivity index (χ3v) is 3.78. The van der Waals surface area contributed by atoms with Crippen LogP contribution in [0.2, 0.25) is 0 Å². The van der Waals surface area contributed by atoms with E-state index in [1.165, 1.54) is 19.3 Å². The molecule has 1 fully saturated rings. The lowest BCUT2D eigenvalue weighted by molar-refractivity contribution is 0.0903. The van der Waals surface area contributed by atoms with E-state index in [2.05, 4.69) is 10.1 Å². The summed E-state index contributed by atoms with van der Waals surface area (Å²) in [6.45, 7) is 2.04. The maximum Gasteiger partial charge on any atom is 0.228 e. The van der Waals surface area contributed by atoms with Crippen LogP contribution in [0.5, 0.6) is 0 Å². The van der Waals surface area contributed by atoms with E-state index in [4.69, 9.17) is 15.0 Å². The van der Waals surface area contributed by atoms with Crippen molar-refractivity contribution in [3.63, 3.8) is 0 Å². The fraction of sp³-hybridized carbons (Fsp3) is 0.846. The second kappa shape index (κ2) is 5.80. The van der Waals surface area contributed by atoms with Crippen LogP contribution in [0.4, 0.5) is 0 Å². The lowest BCUT2D eigenvalue weighted by Crippen LogP contribution is -2.43. The minimum absolute atomic E-state index is 0.0809. The zero-order valence-electron chi connectivity index (χ0n) is 11.3. The van der Waals surface area contributed by atoms with E-state index in [0.29, 0.717) is 18.1 Å². The minimum Gasteiger partial charge on any atom is -0.373 e. The molecule has 2 N–H and O–H groups in total. The van der Waals surface area contributed by atoms with Gasteiger partial charge in [0.2, 0.25) is 11.7 Å². The molecule has 0 bridgehead atoms. The van der Waals surface area contributed by atoms with Gasteiger partial charge in [0.1, 0.15) is 6.10 Å². The van der Waals surface area contributed by atoms with E-state index in [9.17, 15) is 0 Å². The second-order valence-electron chi connectivity index (χ2n) is 5.28. The molecule has 1 aliphatic rings. The molecule has 0 radical (unpaired) electrons. The number of nitrogens with two attached hydrogens (primary N) is 1. The smallest absolute Gasteiger partial charge is 0.228 e. The number of methoxy groups -OCH3 is 1. The molecule has 0 spiro atoms. The lowest BCUT2D eigenvalue weighted by Gasteiger charge is -2.31. The minimum atomic E-state index is -0.156. The highest BCUT2D eigenvalue weighted by Crippen LogP contribution is 2.29. The van der Waals surface area contributed by atoms with Gasteiger partial charge in [0.25, 0.3) is 0 Å². The average molecular weight is 253 g/mol. The van der Waals surface area contributed by atoms with Gasteiger partial charge in [-0.1, -0.05) is 31.3 Å². The van der Waals surface area contributed by atoms with E-state index in [1.54, 1.807) is 7.11 Å². The Hall–Kier alpha value is -0.940. The Kier molecular flexibility index (Phi) is 4.35. The van der Waals surface area contributed by atoms with E-state index in [-0.39, 0.29) is 11.6 Å². The first kappa shape index (κ1) is 13.5. The first-order valence-electron chi connectivity index (χ1n) is 6.81. The summed E-state index contributed by atoms with van der Waals surface area (Å²) in [5.41, 5.74) is 6.23. The summed E-state index contributed by atoms with van der Waals surface area (Å²) >= 11 is 0. The molecule has 1 unspecified atom stereocenters. The van der Waals surface area contributed by atoms with Crippen LogP contribution in [0, 0.1) is 0 Å². The zero-order valence-corrected chi connectivity index (χ0v) is 11.3. The average Bonchev–Trinajstić information content (AvgIpc) is 2.79. The topological polar surface area (TPSA) is 74.2 Å². The number of hydrogen-bond acceptors (Lipinski definition) is 5. The molecule has 0 aromatic carbocycles. The van der Waals surface area contributed by atoms with Crippen LogP contribution in [-0.2, 0) is 11.2 Å². The van der Waals surface area contributed by atoms with Crippen molar-refractivity contribution in [2.24, 2.45) is 5.73 Å². The van der Waals surface area contributed by atoms with Crippen molar-refractivity contribution in [1.82, 2.24) is 10.1 Å². The van der Waals surface area contributed by atoms with Crippen LogP contribution >= 0.6 is 0 Å². The van der Waals surface area contributed by atoms with Crippen molar-refractivity contribution >= 4 is 0 Å². The van der Waals surface area contributed by atoms with Crippen LogP contribution in [0.25, 0.3) is 0 Å². The number of nitrogens with zero attached hydrogens (tertiary/aromatic N) is 2. The van der Waals surface area contributed by atoms with E-state index in [1.807, 2.05) is 6.92 Å². The van der Waals surface area contributed by atoms with Gasteiger partial charge in [-0.25, -0.2) is 0 Å². The quantitative estimate of drug-likeness (QED) is 0.872. The Morgan fingerprint density at radius 3 is 2.72 bits per heavy atom. The van der Waals surface area contributed by atoms with E-state index in [0.717, 1.165) is 19.3 Å². The lowest BCUT2D eigenvalue weighted by atomic mass is 9.80. The van der Waals surface area contributed by atoms with Crippen molar-refractivity contribution in [2.75, 3.05) is 7.11 Å². The molecule has 2 rings (SSSR count). The van der Waals surface area contributed by atoms with Gasteiger partial charge >= 0.3 is 0 Å². The highest BCUT2D eigenvalue weighted by Gasteiger charge is 2.30. The van der Waals surface area contributed by atoms with Gasteiger partial charge in [0.05, 0.1) is 0 Å². The second-order valence-corrected chi connectivity index (χ2v) is 5.28. The van der Waals surface area contributed by atoms with Gasteiger partial charge in [-0.3, -0.25) is 0 Å². The third kappa shape index (κ3) is 3.09. The summed E-state index contributed by atoms with van der Waals surface area (Å²) in [6, 6.07) is 0. The van der Waals surface area contributed by atoms with Crippen molar-refractivity contribution in [1.29, 1.82) is 0 Å². The standard InChI is InChI=1S/C13H23N3O2/c1-3-10(17-2)12-15-11(18-16-12)9-13(14)7-5-4-6-8-13/h10H,3-9,14H2,1-2H3. The molecule has 1 atom stereocenters. The number of hydrogen-bond donors (Lipinski definition) is 1. The Labute approximate surface area is 108 Å². The van der Waals surface area contributed by atoms with Gasteiger partial charge in [-0.05, 0) is 19.3 Å². The molecule has 1 aromatic heterocycles. The number of ether oxygens (including phenoxy) is 1. The summed E-state index contributed by atoms with van der Waals surface area (Å²) in [4.78, 5) is 4.41. The molecule has 0 saturated heterocycles. The van der Waals surface area contributed by atoms with E-state index >= 15 is 0 Å². The predicted octanol–water partition coefficient (Wildman–Crippen LogP) is 2.37. The van der Waals surface area contributed by atoms with Crippen molar-refractivity contribution in [2.45, 2.75) is 63.5 Å². The molecule has 18 heavy (non-hydrogen) atoms. The van der Waals surface area contributed by atoms with Gasteiger partial charge in [-0.15, -0.1) is 0 Å². The maximum atomic E-state index is 6.38. The summed E-state index contributed by atoms with van der Waals surface area (Å²) in [7, 11) is 1.66. The van der Waals surface area contributed by atoms with Crippen molar-refractivity contribution in [3.8, 4) is 0 Å². The molecule has 5 heteroatoms. The molecule has 5 nitrogen and oxygen atoms in total. The first-order valence-corrected chi connectivity index (χ1v) is 6.81. The Morgan fingerprint density at radius 1 is 1.39 bits per heavy atom. The van der Waals surface area contributed by atoms with Crippen LogP contribution < -0.4 is 5.73 Å². The Balaban J connectivity index is 2.01. The summed E-state index contributed by atoms with van der Waals surface area (Å²) < 4.78 is 10.6. The molecule has 1 aromatic rings. The fourth-order valence-corrected chi connectivity index (χ4v) is 2.66. The SMILES string of the molecule is CCC(OC)c1noc(CC2(N)CCCCC2)n1. The number of aromatic nitrogens is 2. The zero-order chi connectivity index (χ0) is 13.0. The summed E-state index contributed by atoms with van der Waals surface area (Å²) in [5.74, 6) is 1.28. The van der Waals surface area contributed by atoms with Gasteiger partial charge < -0.3 is 15.0 Å². The molecule has 0 amide bonds. The largest absolute Gasteiger partial charge is 0.373 e. The maximum absolute atomic E-state index is 6.38. The molecule has 1 saturated carbocycles.